The Morgan fingerprint density at radius 1 is 1.23 bits per heavy atom. The van der Waals surface area contributed by atoms with Gasteiger partial charge in [0.2, 0.25) is 5.43 Å². The molecule has 184 valence electrons. The molecule has 2 fully saturated rings. The van der Waals surface area contributed by atoms with Crippen LogP contribution in [0.15, 0.2) is 41.3 Å². The third kappa shape index (κ3) is 3.64. The summed E-state index contributed by atoms with van der Waals surface area (Å²) in [5.74, 6) is -1.50. The molecule has 2 aromatic rings. The highest BCUT2D eigenvalue weighted by Crippen LogP contribution is 2.45. The number of benzene rings is 1. The molecule has 1 aromatic heterocycles. The summed E-state index contributed by atoms with van der Waals surface area (Å²) in [7, 11) is 0. The van der Waals surface area contributed by atoms with E-state index in [9.17, 15) is 19.2 Å². The van der Waals surface area contributed by atoms with E-state index >= 15 is 0 Å². The quantitative estimate of drug-likeness (QED) is 0.697. The summed E-state index contributed by atoms with van der Waals surface area (Å²) in [6.45, 7) is 4.96. The highest BCUT2D eigenvalue weighted by atomic mass is 16.6. The van der Waals surface area contributed by atoms with E-state index < -0.39 is 29.1 Å². The van der Waals surface area contributed by atoms with Gasteiger partial charge >= 0.3 is 6.09 Å². The molecule has 0 saturated carbocycles. The smallest absolute Gasteiger partial charge is 0.410 e. The van der Waals surface area contributed by atoms with Gasteiger partial charge in [0, 0.05) is 25.3 Å². The molecule has 3 atom stereocenters. The average Bonchev–Trinajstić information content (AvgIpc) is 3.12. The van der Waals surface area contributed by atoms with Gasteiger partial charge in [-0.05, 0) is 32.3 Å². The van der Waals surface area contributed by atoms with Crippen molar-refractivity contribution in [3.05, 3.63) is 63.6 Å². The van der Waals surface area contributed by atoms with Gasteiger partial charge in [0.15, 0.2) is 17.0 Å². The van der Waals surface area contributed by atoms with E-state index in [2.05, 4.69) is 0 Å². The lowest BCUT2D eigenvalue weighted by Gasteiger charge is -2.42. The van der Waals surface area contributed by atoms with E-state index in [0.29, 0.717) is 25.9 Å². The van der Waals surface area contributed by atoms with Crippen molar-refractivity contribution in [3.8, 4) is 5.75 Å². The number of rotatable bonds is 5. The van der Waals surface area contributed by atoms with Crippen molar-refractivity contribution in [1.82, 2.24) is 14.4 Å². The fourth-order valence-electron chi connectivity index (χ4n) is 5.37. The lowest BCUT2D eigenvalue weighted by Crippen LogP contribution is -2.53. The monoisotopic (exact) mass is 480 g/mol. The van der Waals surface area contributed by atoms with Crippen molar-refractivity contribution >= 4 is 17.9 Å². The average molecular weight is 481 g/mol. The van der Waals surface area contributed by atoms with Crippen LogP contribution >= 0.6 is 0 Å². The van der Waals surface area contributed by atoms with Gasteiger partial charge < -0.3 is 29.6 Å². The van der Waals surface area contributed by atoms with Crippen LogP contribution in [0.25, 0.3) is 0 Å². The Bertz CT molecular complexity index is 1260. The third-order valence-corrected chi connectivity index (χ3v) is 7.37. The molecule has 0 radical (unpaired) electrons. The Morgan fingerprint density at radius 2 is 1.97 bits per heavy atom. The highest BCUT2D eigenvalue weighted by Gasteiger charge is 2.56. The van der Waals surface area contributed by atoms with Crippen LogP contribution in [0.1, 0.15) is 59.1 Å². The zero-order valence-electron chi connectivity index (χ0n) is 19.7. The predicted octanol–water partition coefficient (Wildman–Crippen LogP) is 1.92. The number of carbonyl (C=O) groups excluding carboxylic acids is 3. The van der Waals surface area contributed by atoms with Crippen LogP contribution in [0.5, 0.6) is 5.75 Å². The minimum Gasteiger partial charge on any atom is -0.483 e. The molecule has 3 amide bonds. The molecule has 1 aromatic carbocycles. The maximum atomic E-state index is 13.7. The van der Waals surface area contributed by atoms with Gasteiger partial charge in [-0.2, -0.15) is 0 Å². The number of pyridine rings is 1. The number of hydrogen-bond donors (Lipinski definition) is 1. The maximum absolute atomic E-state index is 13.7. The number of primary amides is 1. The van der Waals surface area contributed by atoms with E-state index in [1.54, 1.807) is 14.4 Å². The summed E-state index contributed by atoms with van der Waals surface area (Å²) in [6, 6.07) is 8.55. The number of amides is 3. The molecule has 35 heavy (non-hydrogen) atoms. The Hall–Kier alpha value is -3.82. The molecule has 10 heteroatoms. The number of hydrogen-bond acceptors (Lipinski definition) is 6. The van der Waals surface area contributed by atoms with Gasteiger partial charge in [-0.25, -0.2) is 4.79 Å². The van der Waals surface area contributed by atoms with Crippen molar-refractivity contribution in [2.75, 3.05) is 19.6 Å². The zero-order valence-corrected chi connectivity index (χ0v) is 19.7. The second-order valence-corrected chi connectivity index (χ2v) is 9.40. The molecule has 0 aliphatic carbocycles. The fraction of sp³-hybridized carbons (Fsp3) is 0.440. The summed E-state index contributed by atoms with van der Waals surface area (Å²) < 4.78 is 13.5. The number of ether oxygens (including phenoxy) is 2. The molecule has 3 aliphatic rings. The van der Waals surface area contributed by atoms with Gasteiger partial charge in [-0.15, -0.1) is 0 Å². The van der Waals surface area contributed by atoms with Crippen LogP contribution in [-0.2, 0) is 11.3 Å². The number of fused-ring (bicyclic) bond motifs is 5. The Morgan fingerprint density at radius 3 is 2.63 bits per heavy atom. The zero-order chi connectivity index (χ0) is 24.9. The molecule has 5 rings (SSSR count). The number of nitrogens with two attached hydrogens (primary N) is 1. The van der Waals surface area contributed by atoms with Crippen LogP contribution < -0.4 is 15.9 Å². The van der Waals surface area contributed by atoms with Crippen LogP contribution in [-0.4, -0.2) is 63.6 Å². The minimum atomic E-state index is -0.924. The molecular formula is C25H28N4O6. The second-order valence-electron chi connectivity index (χ2n) is 9.40. The van der Waals surface area contributed by atoms with Gasteiger partial charge in [-0.1, -0.05) is 30.3 Å². The SMILES string of the molecule is CCN1C[C@@]2(CC[C@H](C)N3C[C@H]2n2cc(C(N)=O)c(=O)c(OCc4ccccc4)c2C3=O)OC1=O. The van der Waals surface area contributed by atoms with Crippen LogP contribution in [0, 0.1) is 0 Å². The molecule has 2 bridgehead atoms. The summed E-state index contributed by atoms with van der Waals surface area (Å²) in [5, 5.41) is 0. The first kappa shape index (κ1) is 22.9. The van der Waals surface area contributed by atoms with Gasteiger partial charge in [0.05, 0.1) is 12.6 Å². The molecule has 10 nitrogen and oxygen atoms in total. The maximum Gasteiger partial charge on any atom is 0.410 e. The molecule has 0 unspecified atom stereocenters. The van der Waals surface area contributed by atoms with E-state index in [-0.39, 0.29) is 42.1 Å². The van der Waals surface area contributed by atoms with Crippen LogP contribution in [0.2, 0.25) is 0 Å². The topological polar surface area (TPSA) is 124 Å². The summed E-state index contributed by atoms with van der Waals surface area (Å²) in [4.78, 5) is 55.2. The molecule has 1 spiro atoms. The minimum absolute atomic E-state index is 0.0303. The molecular weight excluding hydrogens is 452 g/mol. The Labute approximate surface area is 202 Å². The number of aromatic nitrogens is 1. The fourth-order valence-corrected chi connectivity index (χ4v) is 5.37. The Kier molecular flexibility index (Phi) is 5.53. The van der Waals surface area contributed by atoms with Crippen molar-refractivity contribution in [2.24, 2.45) is 5.73 Å². The van der Waals surface area contributed by atoms with Crippen LogP contribution in [0.4, 0.5) is 4.79 Å². The van der Waals surface area contributed by atoms with E-state index in [1.807, 2.05) is 44.2 Å². The molecule has 4 heterocycles. The summed E-state index contributed by atoms with van der Waals surface area (Å²) in [6.07, 6.45) is 2.07. The number of nitrogens with zero attached hydrogens (tertiary/aromatic N) is 3. The first-order valence-electron chi connectivity index (χ1n) is 11.8. The summed E-state index contributed by atoms with van der Waals surface area (Å²) in [5.41, 5.74) is 4.47. The number of likely N-dealkylation sites (N-methyl/N-ethyl adjacent to an activating group) is 1. The van der Waals surface area contributed by atoms with Crippen molar-refractivity contribution < 1.29 is 23.9 Å². The first-order chi connectivity index (χ1) is 16.8. The van der Waals surface area contributed by atoms with E-state index in [1.165, 1.54) is 6.20 Å². The van der Waals surface area contributed by atoms with Crippen molar-refractivity contribution in [1.29, 1.82) is 0 Å². The predicted molar refractivity (Wildman–Crippen MR) is 125 cm³/mol. The van der Waals surface area contributed by atoms with Gasteiger partial charge in [0.1, 0.15) is 12.2 Å². The highest BCUT2D eigenvalue weighted by molar-refractivity contribution is 5.99. The van der Waals surface area contributed by atoms with Crippen molar-refractivity contribution in [3.63, 3.8) is 0 Å². The molecule has 2 saturated heterocycles. The largest absolute Gasteiger partial charge is 0.483 e. The van der Waals surface area contributed by atoms with Gasteiger partial charge in [-0.3, -0.25) is 14.4 Å². The standard InChI is InChI=1S/C25H28N4O6/c1-3-27-14-25(35-24(27)33)10-9-15(2)28-12-18(25)29-11-17(22(26)31)20(30)21(19(29)23(28)32)34-13-16-7-5-4-6-8-16/h4-8,11,15,18H,3,9-10,12-14H2,1-2H3,(H2,26,31)/t15-,18+,25+/m0/s1. The van der Waals surface area contributed by atoms with E-state index in [0.717, 1.165) is 5.56 Å². The number of carbonyl (C=O) groups is 3. The lowest BCUT2D eigenvalue weighted by atomic mass is 9.88. The van der Waals surface area contributed by atoms with E-state index in [4.69, 9.17) is 15.2 Å². The lowest BCUT2D eigenvalue weighted by molar-refractivity contribution is -0.00235. The third-order valence-electron chi connectivity index (χ3n) is 7.37. The molecule has 2 N–H and O–H groups in total. The second kappa shape index (κ2) is 8.44. The van der Waals surface area contributed by atoms with Crippen LogP contribution in [0.3, 0.4) is 0 Å². The van der Waals surface area contributed by atoms with Crippen molar-refractivity contribution in [2.45, 2.75) is 51.0 Å². The van der Waals surface area contributed by atoms with Gasteiger partial charge in [0.25, 0.3) is 11.8 Å². The Balaban J connectivity index is 1.69. The summed E-state index contributed by atoms with van der Waals surface area (Å²) >= 11 is 0. The first-order valence-corrected chi connectivity index (χ1v) is 11.8. The normalized spacial score (nSPS) is 25.3. The molecule has 3 aliphatic heterocycles.